The van der Waals surface area contributed by atoms with E-state index in [0.29, 0.717) is 4.48 Å². The van der Waals surface area contributed by atoms with E-state index in [1.807, 2.05) is 13.8 Å². The molecule has 0 aromatic rings. The number of rotatable bonds is 8. The molecule has 23 heavy (non-hydrogen) atoms. The van der Waals surface area contributed by atoms with E-state index < -0.39 is 23.6 Å². The van der Waals surface area contributed by atoms with Crippen LogP contribution in [-0.2, 0) is 28.5 Å². The number of carbonyl (C=O) groups is 2. The predicted molar refractivity (Wildman–Crippen MR) is 87.9 cm³/mol. The van der Waals surface area contributed by atoms with Crippen LogP contribution in [0, 0.1) is 5.41 Å². The molecule has 7 heteroatoms. The van der Waals surface area contributed by atoms with Crippen molar-refractivity contribution >= 4 is 27.9 Å². The van der Waals surface area contributed by atoms with E-state index in [0.717, 1.165) is 0 Å². The van der Waals surface area contributed by atoms with Crippen LogP contribution in [0.1, 0.15) is 40.5 Å². The van der Waals surface area contributed by atoms with Gasteiger partial charge in [-0.3, -0.25) is 9.59 Å². The lowest BCUT2D eigenvalue weighted by Gasteiger charge is -2.30. The molecule has 0 spiro atoms. The highest BCUT2D eigenvalue weighted by Crippen LogP contribution is 2.39. The lowest BCUT2D eigenvalue weighted by atomic mass is 9.80. The van der Waals surface area contributed by atoms with E-state index in [9.17, 15) is 9.59 Å². The molecule has 2 atom stereocenters. The smallest absolute Gasteiger partial charge is 0.324 e. The summed E-state index contributed by atoms with van der Waals surface area (Å²) in [6.45, 7) is 11.2. The third-order valence-corrected chi connectivity index (χ3v) is 4.02. The number of carbonyl (C=O) groups excluding carboxylic acids is 2. The number of ether oxygens (including phenoxy) is 4. The van der Waals surface area contributed by atoms with Gasteiger partial charge in [0, 0.05) is 12.8 Å². The average molecular weight is 393 g/mol. The van der Waals surface area contributed by atoms with Crippen LogP contribution in [-0.4, -0.2) is 43.7 Å². The maximum Gasteiger partial charge on any atom is 0.324 e. The van der Waals surface area contributed by atoms with Gasteiger partial charge in [0.1, 0.15) is 0 Å². The van der Waals surface area contributed by atoms with Crippen molar-refractivity contribution in [1.82, 2.24) is 0 Å². The van der Waals surface area contributed by atoms with Crippen LogP contribution in [0.4, 0.5) is 0 Å². The lowest BCUT2D eigenvalue weighted by molar-refractivity contribution is -0.180. The van der Waals surface area contributed by atoms with Crippen molar-refractivity contribution < 1.29 is 28.5 Å². The van der Waals surface area contributed by atoms with Crippen molar-refractivity contribution in [3.05, 3.63) is 11.1 Å². The van der Waals surface area contributed by atoms with E-state index in [1.54, 1.807) is 13.8 Å². The molecule has 0 aromatic carbocycles. The van der Waals surface area contributed by atoms with Crippen molar-refractivity contribution in [2.45, 2.75) is 59.0 Å². The Morgan fingerprint density at radius 3 is 1.87 bits per heavy atom. The normalized spacial score (nSPS) is 22.0. The molecule has 6 nitrogen and oxygen atoms in total. The van der Waals surface area contributed by atoms with E-state index in [1.165, 1.54) is 0 Å². The molecule has 0 bridgehead atoms. The number of esters is 2. The van der Waals surface area contributed by atoms with Gasteiger partial charge >= 0.3 is 11.9 Å². The van der Waals surface area contributed by atoms with Gasteiger partial charge in [0.25, 0.3) is 0 Å². The van der Waals surface area contributed by atoms with E-state index in [4.69, 9.17) is 18.9 Å². The van der Waals surface area contributed by atoms with Crippen molar-refractivity contribution in [1.29, 1.82) is 0 Å². The highest BCUT2D eigenvalue weighted by Gasteiger charge is 2.52. The molecule has 1 saturated heterocycles. The van der Waals surface area contributed by atoms with Crippen LogP contribution < -0.4 is 0 Å². The molecule has 0 radical (unpaired) electrons. The Bertz CT molecular complexity index is 422. The van der Waals surface area contributed by atoms with Gasteiger partial charge < -0.3 is 18.9 Å². The van der Waals surface area contributed by atoms with Crippen molar-refractivity contribution in [3.63, 3.8) is 0 Å². The van der Waals surface area contributed by atoms with E-state index in [2.05, 4.69) is 22.5 Å². The van der Waals surface area contributed by atoms with Gasteiger partial charge in [-0.2, -0.15) is 0 Å². The summed E-state index contributed by atoms with van der Waals surface area (Å²) >= 11 is 3.23. The number of halogens is 1. The average Bonchev–Trinajstić information content (AvgIpc) is 2.76. The first-order chi connectivity index (χ1) is 10.8. The fourth-order valence-corrected chi connectivity index (χ4v) is 2.92. The molecule has 0 N–H and O–H groups in total. The van der Waals surface area contributed by atoms with Gasteiger partial charge in [0.15, 0.2) is 11.7 Å². The van der Waals surface area contributed by atoms with Crippen LogP contribution in [0.15, 0.2) is 11.1 Å². The van der Waals surface area contributed by atoms with Crippen molar-refractivity contribution in [3.8, 4) is 0 Å². The standard InChI is InChI=1S/C16H25BrO6/c1-6-20-14(18)16(8-10(3)17,15(19)21-7-2)9-13-22-11(4)12(5)23-13/h11-13H,3,6-9H2,1-2,4-5H3/t11-,12-/m0/s1. The Morgan fingerprint density at radius 2 is 1.52 bits per heavy atom. The van der Waals surface area contributed by atoms with Crippen LogP contribution in [0.25, 0.3) is 0 Å². The monoisotopic (exact) mass is 392 g/mol. The Labute approximate surface area is 145 Å². The maximum atomic E-state index is 12.6. The minimum atomic E-state index is -1.54. The third-order valence-electron chi connectivity index (χ3n) is 3.73. The topological polar surface area (TPSA) is 71.1 Å². The number of hydrogen-bond acceptors (Lipinski definition) is 6. The van der Waals surface area contributed by atoms with Crippen LogP contribution in [0.2, 0.25) is 0 Å². The highest BCUT2D eigenvalue weighted by molar-refractivity contribution is 9.11. The van der Waals surface area contributed by atoms with Gasteiger partial charge in [0.2, 0.25) is 0 Å². The summed E-state index contributed by atoms with van der Waals surface area (Å²) in [5.41, 5.74) is -1.54. The fraction of sp³-hybridized carbons (Fsp3) is 0.750. The van der Waals surface area contributed by atoms with Crippen LogP contribution in [0.5, 0.6) is 0 Å². The van der Waals surface area contributed by atoms with Gasteiger partial charge in [-0.05, 0) is 32.2 Å². The fourth-order valence-electron chi connectivity index (χ4n) is 2.45. The summed E-state index contributed by atoms with van der Waals surface area (Å²) in [5.74, 6) is -1.31. The quantitative estimate of drug-likeness (QED) is 0.467. The Hall–Kier alpha value is -0.920. The summed E-state index contributed by atoms with van der Waals surface area (Å²) in [6, 6.07) is 0. The van der Waals surface area contributed by atoms with Gasteiger partial charge in [0.05, 0.1) is 25.4 Å². The zero-order chi connectivity index (χ0) is 17.6. The molecule has 0 saturated carbocycles. The second kappa shape index (κ2) is 8.80. The molecule has 1 rings (SSSR count). The SMILES string of the molecule is C=C(Br)CC(CC1O[C@@H](C)[C@H](C)O1)(C(=O)OCC)C(=O)OCC. The van der Waals surface area contributed by atoms with Gasteiger partial charge in [-0.15, -0.1) is 0 Å². The molecule has 1 fully saturated rings. The molecule has 1 aliphatic rings. The zero-order valence-electron chi connectivity index (χ0n) is 14.1. The Morgan fingerprint density at radius 1 is 1.09 bits per heavy atom. The van der Waals surface area contributed by atoms with Gasteiger partial charge in [-0.25, -0.2) is 0 Å². The number of allylic oxidation sites excluding steroid dienone is 1. The number of hydrogen-bond donors (Lipinski definition) is 0. The maximum absolute atomic E-state index is 12.6. The Kier molecular flexibility index (Phi) is 7.70. The zero-order valence-corrected chi connectivity index (χ0v) is 15.7. The molecule has 0 aliphatic carbocycles. The highest BCUT2D eigenvalue weighted by atomic mass is 79.9. The summed E-state index contributed by atoms with van der Waals surface area (Å²) in [5, 5.41) is 0. The molecule has 1 aliphatic heterocycles. The van der Waals surface area contributed by atoms with Gasteiger partial charge in [-0.1, -0.05) is 22.5 Å². The minimum absolute atomic E-state index is 0.0178. The molecular weight excluding hydrogens is 368 g/mol. The minimum Gasteiger partial charge on any atom is -0.465 e. The Balaban J connectivity index is 3.11. The summed E-state index contributed by atoms with van der Waals surface area (Å²) in [4.78, 5) is 25.1. The summed E-state index contributed by atoms with van der Waals surface area (Å²) < 4.78 is 22.1. The molecule has 0 unspecified atom stereocenters. The second-order valence-electron chi connectivity index (χ2n) is 5.53. The lowest BCUT2D eigenvalue weighted by Crippen LogP contribution is -2.45. The first-order valence-corrected chi connectivity index (χ1v) is 8.54. The first kappa shape index (κ1) is 20.1. The largest absolute Gasteiger partial charge is 0.465 e. The first-order valence-electron chi connectivity index (χ1n) is 7.75. The van der Waals surface area contributed by atoms with Crippen LogP contribution >= 0.6 is 15.9 Å². The second-order valence-corrected chi connectivity index (χ2v) is 6.65. The molecule has 132 valence electrons. The molecule has 0 aromatic heterocycles. The van der Waals surface area contributed by atoms with E-state index >= 15 is 0 Å². The summed E-state index contributed by atoms with van der Waals surface area (Å²) in [6.07, 6.45) is -0.843. The predicted octanol–water partition coefficient (Wildman–Crippen LogP) is 2.94. The van der Waals surface area contributed by atoms with Crippen molar-refractivity contribution in [2.75, 3.05) is 13.2 Å². The van der Waals surface area contributed by atoms with Crippen molar-refractivity contribution in [2.24, 2.45) is 5.41 Å². The molecular formula is C16H25BrO6. The van der Waals surface area contributed by atoms with E-state index in [-0.39, 0.29) is 38.3 Å². The summed E-state index contributed by atoms with van der Waals surface area (Å²) in [7, 11) is 0. The molecule has 0 amide bonds. The molecule has 1 heterocycles. The third kappa shape index (κ3) is 5.02. The van der Waals surface area contributed by atoms with Crippen LogP contribution in [0.3, 0.4) is 0 Å².